The van der Waals surface area contributed by atoms with Gasteiger partial charge in [-0.2, -0.15) is 0 Å². The molecule has 0 saturated carbocycles. The smallest absolute Gasteiger partial charge is 0.414 e. The summed E-state index contributed by atoms with van der Waals surface area (Å²) in [5, 5.41) is 3.27. The lowest BCUT2D eigenvalue weighted by molar-refractivity contribution is -0.123. The lowest BCUT2D eigenvalue weighted by Gasteiger charge is -2.09. The second-order valence-corrected chi connectivity index (χ2v) is 7.96. The quantitative estimate of drug-likeness (QED) is 0.534. The van der Waals surface area contributed by atoms with Gasteiger partial charge in [0.2, 0.25) is 0 Å². The molecule has 3 heterocycles. The number of carbonyl (C=O) groups excluding carboxylic acids is 2. The molecular weight excluding hydrogens is 384 g/mol. The number of carbonyl (C=O) groups is 2. The molecule has 5 rings (SSSR count). The maximum absolute atomic E-state index is 11.7. The van der Waals surface area contributed by atoms with Crippen molar-refractivity contribution in [2.24, 2.45) is 0 Å². The summed E-state index contributed by atoms with van der Waals surface area (Å²) in [6.07, 6.45) is -1.08. The van der Waals surface area contributed by atoms with Gasteiger partial charge in [-0.05, 0) is 35.4 Å². The van der Waals surface area contributed by atoms with Crippen molar-refractivity contribution in [2.45, 2.75) is 12.5 Å². The molecule has 142 valence electrons. The van der Waals surface area contributed by atoms with Crippen molar-refractivity contribution in [1.29, 1.82) is 0 Å². The van der Waals surface area contributed by atoms with Crippen molar-refractivity contribution < 1.29 is 14.3 Å². The van der Waals surface area contributed by atoms with E-state index in [0.717, 1.165) is 37.5 Å². The molecule has 29 heavy (non-hydrogen) atoms. The number of para-hydroxylation sites is 1. The number of amides is 2. The van der Waals surface area contributed by atoms with E-state index in [-0.39, 0.29) is 5.91 Å². The van der Waals surface area contributed by atoms with Crippen LogP contribution in [0.4, 0.5) is 4.79 Å². The molecular formula is C23H16N2O3S. The monoisotopic (exact) mass is 400 g/mol. The minimum Gasteiger partial charge on any atom is -0.435 e. The fourth-order valence-electron chi connectivity index (χ4n) is 3.49. The lowest BCUT2D eigenvalue weighted by atomic mass is 10.00. The van der Waals surface area contributed by atoms with E-state index in [1.54, 1.807) is 11.3 Å². The third kappa shape index (κ3) is 3.39. The van der Waals surface area contributed by atoms with Crippen LogP contribution in [0.2, 0.25) is 0 Å². The van der Waals surface area contributed by atoms with Gasteiger partial charge < -0.3 is 4.74 Å². The number of pyridine rings is 1. The number of benzene rings is 2. The maximum Gasteiger partial charge on any atom is 0.414 e. The Morgan fingerprint density at radius 2 is 1.76 bits per heavy atom. The van der Waals surface area contributed by atoms with E-state index in [2.05, 4.69) is 29.6 Å². The van der Waals surface area contributed by atoms with E-state index in [9.17, 15) is 9.59 Å². The van der Waals surface area contributed by atoms with Gasteiger partial charge in [-0.1, -0.05) is 48.5 Å². The van der Waals surface area contributed by atoms with E-state index >= 15 is 0 Å². The van der Waals surface area contributed by atoms with Gasteiger partial charge in [-0.25, -0.2) is 9.78 Å². The first-order valence-corrected chi connectivity index (χ1v) is 10.0. The molecule has 1 aliphatic heterocycles. The number of cyclic esters (lactones) is 1. The summed E-state index contributed by atoms with van der Waals surface area (Å²) < 4.78 is 5.02. The Balaban J connectivity index is 1.53. The standard InChI is InChI=1S/C23H16N2O3S/c26-22-20(28-23(27)25-22)12-15-10-11-21(29-15)19-13-17(14-6-2-1-3-7-14)16-8-4-5-9-18(16)24-19/h1-11,13,20H,12H2,(H,25,26,27). The molecule has 1 saturated heterocycles. The Morgan fingerprint density at radius 1 is 0.966 bits per heavy atom. The normalized spacial score (nSPS) is 16.1. The molecule has 0 spiro atoms. The number of nitrogens with zero attached hydrogens (tertiary/aromatic N) is 1. The van der Waals surface area contributed by atoms with Gasteiger partial charge in [-0.15, -0.1) is 11.3 Å². The predicted octanol–water partition coefficient (Wildman–Crippen LogP) is 4.81. The van der Waals surface area contributed by atoms with Crippen LogP contribution in [0.15, 0.2) is 72.8 Å². The van der Waals surface area contributed by atoms with E-state index in [1.165, 1.54) is 0 Å². The molecule has 1 N–H and O–H groups in total. The fraction of sp³-hybridized carbons (Fsp3) is 0.0870. The van der Waals surface area contributed by atoms with Crippen molar-refractivity contribution in [3.63, 3.8) is 0 Å². The zero-order chi connectivity index (χ0) is 19.8. The number of rotatable bonds is 4. The van der Waals surface area contributed by atoms with Crippen molar-refractivity contribution in [2.75, 3.05) is 0 Å². The first-order valence-electron chi connectivity index (χ1n) is 9.23. The minimum atomic E-state index is -0.765. The highest BCUT2D eigenvalue weighted by Crippen LogP contribution is 2.35. The van der Waals surface area contributed by atoms with Crippen molar-refractivity contribution in [3.05, 3.63) is 77.7 Å². The van der Waals surface area contributed by atoms with Crippen LogP contribution < -0.4 is 5.32 Å². The maximum atomic E-state index is 11.7. The number of aromatic nitrogens is 1. The third-order valence-corrected chi connectivity index (χ3v) is 6.00. The van der Waals surface area contributed by atoms with Gasteiger partial charge in [0.25, 0.3) is 5.91 Å². The number of hydrogen-bond acceptors (Lipinski definition) is 5. The Labute approximate surface area is 171 Å². The average molecular weight is 400 g/mol. The molecule has 0 aliphatic carbocycles. The predicted molar refractivity (Wildman–Crippen MR) is 113 cm³/mol. The van der Waals surface area contributed by atoms with Crippen LogP contribution in [0.1, 0.15) is 4.88 Å². The number of fused-ring (bicyclic) bond motifs is 1. The van der Waals surface area contributed by atoms with Crippen LogP contribution in [0.3, 0.4) is 0 Å². The molecule has 5 nitrogen and oxygen atoms in total. The van der Waals surface area contributed by atoms with Crippen LogP contribution in [0.5, 0.6) is 0 Å². The topological polar surface area (TPSA) is 68.3 Å². The van der Waals surface area contributed by atoms with Crippen molar-refractivity contribution in [1.82, 2.24) is 10.3 Å². The second kappa shape index (κ2) is 7.14. The van der Waals surface area contributed by atoms with Gasteiger partial charge in [0, 0.05) is 16.7 Å². The third-order valence-electron chi connectivity index (χ3n) is 4.87. The highest BCUT2D eigenvalue weighted by Gasteiger charge is 2.32. The Hall–Kier alpha value is -3.51. The summed E-state index contributed by atoms with van der Waals surface area (Å²) in [6, 6.07) is 24.4. The van der Waals surface area contributed by atoms with Gasteiger partial charge in [0.1, 0.15) is 0 Å². The summed E-state index contributed by atoms with van der Waals surface area (Å²) in [5.41, 5.74) is 4.08. The number of alkyl carbamates (subject to hydrolysis) is 1. The Bertz CT molecular complexity index is 1230. The largest absolute Gasteiger partial charge is 0.435 e. The number of thiophene rings is 1. The van der Waals surface area contributed by atoms with E-state index < -0.39 is 12.2 Å². The number of hydrogen-bond donors (Lipinski definition) is 1. The number of imide groups is 1. The van der Waals surface area contributed by atoms with E-state index in [1.807, 2.05) is 48.5 Å². The van der Waals surface area contributed by atoms with Crippen molar-refractivity contribution in [3.8, 4) is 21.7 Å². The molecule has 2 amide bonds. The SMILES string of the molecule is O=C1NC(=O)C(Cc2ccc(-c3cc(-c4ccccc4)c4ccccc4n3)s2)O1. The molecule has 1 unspecified atom stereocenters. The first-order chi connectivity index (χ1) is 14.2. The van der Waals surface area contributed by atoms with Gasteiger partial charge in [0.05, 0.1) is 16.1 Å². The van der Waals surface area contributed by atoms with Crippen LogP contribution in [-0.2, 0) is 16.0 Å². The van der Waals surface area contributed by atoms with Crippen molar-refractivity contribution >= 4 is 34.2 Å². The summed E-state index contributed by atoms with van der Waals surface area (Å²) in [7, 11) is 0. The first kappa shape index (κ1) is 17.6. The summed E-state index contributed by atoms with van der Waals surface area (Å²) in [4.78, 5) is 29.8. The minimum absolute atomic E-state index is 0.362. The van der Waals surface area contributed by atoms with E-state index in [4.69, 9.17) is 9.72 Å². The summed E-state index contributed by atoms with van der Waals surface area (Å²) in [5.74, 6) is -0.389. The van der Waals surface area contributed by atoms with Gasteiger partial charge >= 0.3 is 6.09 Å². The molecule has 2 aromatic heterocycles. The average Bonchev–Trinajstić information content (AvgIpc) is 3.34. The fourth-order valence-corrected chi connectivity index (χ4v) is 4.49. The van der Waals surface area contributed by atoms with Crippen LogP contribution in [-0.4, -0.2) is 23.1 Å². The molecule has 0 radical (unpaired) electrons. The molecule has 4 aromatic rings. The molecule has 6 heteroatoms. The summed E-state index contributed by atoms with van der Waals surface area (Å²) in [6.45, 7) is 0. The Kier molecular flexibility index (Phi) is 4.33. The van der Waals surface area contributed by atoms with E-state index in [0.29, 0.717) is 6.42 Å². The van der Waals surface area contributed by atoms with Gasteiger partial charge in [-0.3, -0.25) is 10.1 Å². The number of ether oxygens (including phenoxy) is 1. The summed E-state index contributed by atoms with van der Waals surface area (Å²) >= 11 is 1.55. The Morgan fingerprint density at radius 3 is 2.55 bits per heavy atom. The second-order valence-electron chi connectivity index (χ2n) is 6.79. The highest BCUT2D eigenvalue weighted by atomic mass is 32.1. The molecule has 0 bridgehead atoms. The van der Waals surface area contributed by atoms with Gasteiger partial charge in [0.15, 0.2) is 6.10 Å². The molecule has 1 atom stereocenters. The molecule has 1 aliphatic rings. The van der Waals surface area contributed by atoms with Crippen LogP contribution in [0, 0.1) is 0 Å². The highest BCUT2D eigenvalue weighted by molar-refractivity contribution is 7.15. The zero-order valence-electron chi connectivity index (χ0n) is 15.3. The molecule has 1 fully saturated rings. The van der Waals surface area contributed by atoms with Crippen LogP contribution in [0.25, 0.3) is 32.6 Å². The zero-order valence-corrected chi connectivity index (χ0v) is 16.1. The van der Waals surface area contributed by atoms with Crippen LogP contribution >= 0.6 is 11.3 Å². The molecule has 2 aromatic carbocycles. The lowest BCUT2D eigenvalue weighted by Crippen LogP contribution is -2.25. The number of nitrogens with one attached hydrogen (secondary N) is 1.